The summed E-state index contributed by atoms with van der Waals surface area (Å²) in [5.74, 6) is 0.574. The summed E-state index contributed by atoms with van der Waals surface area (Å²) in [5.41, 5.74) is -6.68. The molecule has 2 aromatic carbocycles. The molecule has 4 rings (SSSR count). The zero-order chi connectivity index (χ0) is 25.6. The van der Waals surface area contributed by atoms with Crippen molar-refractivity contribution in [1.29, 1.82) is 0 Å². The fourth-order valence-electron chi connectivity index (χ4n) is 4.63. The molecule has 11 heteroatoms. The quantitative estimate of drug-likeness (QED) is 0.403. The van der Waals surface area contributed by atoms with E-state index in [-0.39, 0.29) is 22.0 Å². The molecule has 0 bridgehead atoms. The molecule has 35 heavy (non-hydrogen) atoms. The van der Waals surface area contributed by atoms with Gasteiger partial charge in [-0.2, -0.15) is 26.3 Å². The van der Waals surface area contributed by atoms with E-state index in [4.69, 9.17) is 11.6 Å². The smallest absolute Gasteiger partial charge is 0.369 e. The van der Waals surface area contributed by atoms with Gasteiger partial charge in [0.05, 0.1) is 21.6 Å². The predicted octanol–water partition coefficient (Wildman–Crippen LogP) is 6.47. The monoisotopic (exact) mass is 518 g/mol. The molecule has 188 valence electrons. The second kappa shape index (κ2) is 9.13. The van der Waals surface area contributed by atoms with Crippen molar-refractivity contribution >= 4 is 22.5 Å². The second-order valence-corrected chi connectivity index (χ2v) is 9.17. The molecule has 1 aromatic heterocycles. The number of aliphatic hydroxyl groups is 1. The molecule has 1 aliphatic carbocycles. The van der Waals surface area contributed by atoms with E-state index in [2.05, 4.69) is 4.98 Å². The third-order valence-electron chi connectivity index (χ3n) is 6.48. The number of alkyl halides is 6. The number of aromatic nitrogens is 2. The molecule has 0 spiro atoms. The minimum absolute atomic E-state index is 0.0191. The van der Waals surface area contributed by atoms with Crippen LogP contribution in [0.25, 0.3) is 16.6 Å². The first kappa shape index (κ1) is 25.5. The first-order chi connectivity index (χ1) is 16.3. The summed E-state index contributed by atoms with van der Waals surface area (Å²) in [6, 6.07) is 7.66. The highest BCUT2D eigenvalue weighted by molar-refractivity contribution is 6.35. The lowest BCUT2D eigenvalue weighted by atomic mass is 9.86. The van der Waals surface area contributed by atoms with Crippen LogP contribution in [0.4, 0.5) is 26.3 Å². The van der Waals surface area contributed by atoms with Gasteiger partial charge in [0, 0.05) is 12.0 Å². The highest BCUT2D eigenvalue weighted by Crippen LogP contribution is 2.50. The van der Waals surface area contributed by atoms with Crippen LogP contribution in [0.15, 0.2) is 47.3 Å². The molecule has 3 aromatic rings. The van der Waals surface area contributed by atoms with Crippen molar-refractivity contribution < 1.29 is 31.4 Å². The number of hydrogen-bond acceptors (Lipinski definition) is 3. The Morgan fingerprint density at radius 2 is 1.54 bits per heavy atom. The Morgan fingerprint density at radius 1 is 0.943 bits per heavy atom. The van der Waals surface area contributed by atoms with Crippen LogP contribution in [0.1, 0.15) is 43.5 Å². The number of nitrogens with zero attached hydrogens (tertiary/aromatic N) is 2. The van der Waals surface area contributed by atoms with Crippen molar-refractivity contribution in [3.8, 4) is 5.69 Å². The van der Waals surface area contributed by atoms with E-state index < -0.39 is 29.1 Å². The topological polar surface area (TPSA) is 55.1 Å². The van der Waals surface area contributed by atoms with Crippen LogP contribution < -0.4 is 5.56 Å². The van der Waals surface area contributed by atoms with Crippen molar-refractivity contribution in [2.24, 2.45) is 5.92 Å². The fourth-order valence-corrected chi connectivity index (χ4v) is 4.88. The van der Waals surface area contributed by atoms with Crippen molar-refractivity contribution in [2.45, 2.75) is 56.5 Å². The second-order valence-electron chi connectivity index (χ2n) is 8.76. The lowest BCUT2D eigenvalue weighted by Crippen LogP contribution is -2.53. The van der Waals surface area contributed by atoms with E-state index in [1.54, 1.807) is 12.1 Å². The van der Waals surface area contributed by atoms with Crippen LogP contribution >= 0.6 is 11.6 Å². The molecule has 1 aliphatic rings. The molecule has 1 heterocycles. The van der Waals surface area contributed by atoms with E-state index in [1.165, 1.54) is 10.6 Å². The van der Waals surface area contributed by atoms with E-state index in [0.29, 0.717) is 29.9 Å². The maximum absolute atomic E-state index is 13.4. The van der Waals surface area contributed by atoms with Crippen LogP contribution in [0, 0.1) is 5.92 Å². The molecular formula is C24H21ClF6N2O2. The highest BCUT2D eigenvalue weighted by Gasteiger charge is 2.71. The molecule has 0 atom stereocenters. The third kappa shape index (κ3) is 4.53. The average molecular weight is 519 g/mol. The zero-order valence-electron chi connectivity index (χ0n) is 18.3. The number of fused-ring (bicyclic) bond motifs is 1. The molecule has 0 unspecified atom stereocenters. The van der Waals surface area contributed by atoms with Crippen LogP contribution in [0.3, 0.4) is 0 Å². The molecule has 0 saturated heterocycles. The molecule has 0 aliphatic heterocycles. The van der Waals surface area contributed by atoms with Gasteiger partial charge in [0.15, 0.2) is 0 Å². The van der Waals surface area contributed by atoms with Crippen LogP contribution in [-0.2, 0) is 12.0 Å². The minimum Gasteiger partial charge on any atom is -0.369 e. The maximum Gasteiger partial charge on any atom is 0.430 e. The minimum atomic E-state index is -6.01. The predicted molar refractivity (Wildman–Crippen MR) is 119 cm³/mol. The van der Waals surface area contributed by atoms with Gasteiger partial charge in [0.1, 0.15) is 5.82 Å². The van der Waals surface area contributed by atoms with Crippen molar-refractivity contribution in [3.63, 3.8) is 0 Å². The Kier molecular flexibility index (Phi) is 6.65. The van der Waals surface area contributed by atoms with Crippen molar-refractivity contribution in [1.82, 2.24) is 9.55 Å². The van der Waals surface area contributed by atoms with E-state index >= 15 is 0 Å². The average Bonchev–Trinajstić information content (AvgIpc) is 2.78. The summed E-state index contributed by atoms with van der Waals surface area (Å²) in [4.78, 5) is 18.0. The van der Waals surface area contributed by atoms with Crippen molar-refractivity contribution in [2.75, 3.05) is 0 Å². The third-order valence-corrected chi connectivity index (χ3v) is 6.79. The van der Waals surface area contributed by atoms with Gasteiger partial charge < -0.3 is 5.11 Å². The summed E-state index contributed by atoms with van der Waals surface area (Å²) in [7, 11) is 0. The van der Waals surface area contributed by atoms with Crippen LogP contribution in [0.5, 0.6) is 0 Å². The largest absolute Gasteiger partial charge is 0.430 e. The molecule has 1 fully saturated rings. The Balaban J connectivity index is 1.87. The molecular weight excluding hydrogens is 498 g/mol. The van der Waals surface area contributed by atoms with Crippen LogP contribution in [-0.4, -0.2) is 27.0 Å². The van der Waals surface area contributed by atoms with E-state index in [1.807, 2.05) is 0 Å². The lowest BCUT2D eigenvalue weighted by molar-refractivity contribution is -0.376. The standard InChI is InChI=1S/C24H21ClF6N2O2/c25-17-7-4-8-18-20(17)21(34)33(19(32-18)13-14-5-2-1-3-6-14)16-11-9-15(10-12-16)22(35,23(26,27)28)24(29,30)31/h4,7-12,14,35H,1-3,5-6,13H2. The van der Waals surface area contributed by atoms with Gasteiger partial charge in [-0.05, 0) is 30.2 Å². The first-order valence-corrected chi connectivity index (χ1v) is 11.4. The summed E-state index contributed by atoms with van der Waals surface area (Å²) in [5, 5.41) is 9.89. The number of rotatable bonds is 4. The summed E-state index contributed by atoms with van der Waals surface area (Å²) in [6.07, 6.45) is -6.60. The number of hydrogen-bond donors (Lipinski definition) is 1. The molecule has 1 N–H and O–H groups in total. The molecule has 0 radical (unpaired) electrons. The Bertz CT molecular complexity index is 1260. The van der Waals surface area contributed by atoms with Gasteiger partial charge in [-0.15, -0.1) is 0 Å². The van der Waals surface area contributed by atoms with Crippen molar-refractivity contribution in [3.05, 3.63) is 69.2 Å². The summed E-state index contributed by atoms with van der Waals surface area (Å²) < 4.78 is 80.8. The lowest BCUT2D eigenvalue weighted by Gasteiger charge is -2.32. The molecule has 1 saturated carbocycles. The van der Waals surface area contributed by atoms with Gasteiger partial charge in [-0.3, -0.25) is 9.36 Å². The highest BCUT2D eigenvalue weighted by atomic mass is 35.5. The Morgan fingerprint density at radius 3 is 2.11 bits per heavy atom. The Labute approximate surface area is 201 Å². The molecule has 0 amide bonds. The molecule has 4 nitrogen and oxygen atoms in total. The fraction of sp³-hybridized carbons (Fsp3) is 0.417. The first-order valence-electron chi connectivity index (χ1n) is 11.0. The van der Waals surface area contributed by atoms with Gasteiger partial charge in [-0.1, -0.05) is 61.9 Å². The summed E-state index contributed by atoms with van der Waals surface area (Å²) in [6.45, 7) is 0. The maximum atomic E-state index is 13.4. The van der Waals surface area contributed by atoms with Crippen LogP contribution in [0.2, 0.25) is 5.02 Å². The Hall–Kier alpha value is -2.59. The van der Waals surface area contributed by atoms with Gasteiger partial charge in [0.2, 0.25) is 0 Å². The number of halogens is 7. The van der Waals surface area contributed by atoms with Gasteiger partial charge >= 0.3 is 12.4 Å². The SMILES string of the molecule is O=c1c2c(Cl)cccc2nc(CC2CCCCC2)n1-c1ccc(C(O)(C(F)(F)F)C(F)(F)F)cc1. The van der Waals surface area contributed by atoms with E-state index in [9.17, 15) is 36.2 Å². The zero-order valence-corrected chi connectivity index (χ0v) is 19.0. The summed E-state index contributed by atoms with van der Waals surface area (Å²) >= 11 is 6.22. The van der Waals surface area contributed by atoms with Gasteiger partial charge in [0.25, 0.3) is 11.2 Å². The van der Waals surface area contributed by atoms with E-state index in [0.717, 1.165) is 44.2 Å². The number of benzene rings is 2. The normalized spacial score (nSPS) is 16.1. The van der Waals surface area contributed by atoms with Gasteiger partial charge in [-0.25, -0.2) is 4.98 Å².